The van der Waals surface area contributed by atoms with Crippen LogP contribution < -0.4 is 0 Å². The minimum absolute atomic E-state index is 0.576. The molecule has 0 N–H and O–H groups in total. The topological polar surface area (TPSA) is 8.17 Å². The van der Waals surface area contributed by atoms with E-state index < -0.39 is 11.7 Å². The van der Waals surface area contributed by atoms with Crippen LogP contribution in [-0.2, 0) is 25.7 Å². The monoisotopic (exact) mass is 344 g/mol. The van der Waals surface area contributed by atoms with E-state index in [4.69, 9.17) is 0 Å². The number of likely N-dealkylation sites (N-methyl/N-ethyl adjacent to an activating group) is 1. The minimum Gasteiger partial charge on any atom is -0.340 e. The fourth-order valence-electron chi connectivity index (χ4n) is 3.71. The van der Waals surface area contributed by atoms with E-state index in [1.54, 1.807) is 6.07 Å². The number of halogens is 3. The third-order valence-electron chi connectivity index (χ3n) is 4.96. The quantitative estimate of drug-likeness (QED) is 0.654. The number of aromatic nitrogens is 1. The first-order chi connectivity index (χ1) is 11.9. The van der Waals surface area contributed by atoms with Gasteiger partial charge in [0.15, 0.2) is 0 Å². The molecule has 25 heavy (non-hydrogen) atoms. The van der Waals surface area contributed by atoms with Gasteiger partial charge in [0, 0.05) is 42.7 Å². The van der Waals surface area contributed by atoms with Crippen LogP contribution in [0.1, 0.15) is 22.4 Å². The van der Waals surface area contributed by atoms with Gasteiger partial charge in [-0.1, -0.05) is 30.3 Å². The van der Waals surface area contributed by atoms with Crippen molar-refractivity contribution >= 4 is 10.9 Å². The number of nitrogens with zero attached hydrogens (tertiary/aromatic N) is 2. The van der Waals surface area contributed by atoms with Crippen molar-refractivity contribution in [3.63, 3.8) is 0 Å². The molecule has 2 nitrogen and oxygen atoms in total. The van der Waals surface area contributed by atoms with Crippen molar-refractivity contribution in [2.75, 3.05) is 13.6 Å². The molecule has 0 unspecified atom stereocenters. The Morgan fingerprint density at radius 3 is 2.52 bits per heavy atom. The average molecular weight is 344 g/mol. The molecule has 0 fully saturated rings. The summed E-state index contributed by atoms with van der Waals surface area (Å²) in [5.41, 5.74) is 3.66. The molecule has 0 saturated heterocycles. The van der Waals surface area contributed by atoms with Crippen LogP contribution in [-0.4, -0.2) is 23.1 Å². The first-order valence-electron chi connectivity index (χ1n) is 8.37. The van der Waals surface area contributed by atoms with Crippen LogP contribution in [0.15, 0.2) is 48.5 Å². The summed E-state index contributed by atoms with van der Waals surface area (Å²) in [6.07, 6.45) is -3.46. The van der Waals surface area contributed by atoms with E-state index in [1.807, 2.05) is 25.2 Å². The zero-order valence-corrected chi connectivity index (χ0v) is 14.0. The number of benzene rings is 2. The standard InChI is InChI=1S/C20H19F3N2/c1-24-10-9-19-17(13-24)16-11-15(20(21,22)23)7-8-18(16)25(19)12-14-5-3-2-4-6-14/h2-8,11H,9-10,12-13H2,1H3. The Morgan fingerprint density at radius 1 is 1.04 bits per heavy atom. The highest BCUT2D eigenvalue weighted by atomic mass is 19.4. The Labute approximate surface area is 144 Å². The van der Waals surface area contributed by atoms with Crippen LogP contribution in [0.4, 0.5) is 13.2 Å². The maximum absolute atomic E-state index is 13.2. The van der Waals surface area contributed by atoms with E-state index in [0.717, 1.165) is 40.7 Å². The summed E-state index contributed by atoms with van der Waals surface area (Å²) in [4.78, 5) is 2.16. The third kappa shape index (κ3) is 2.93. The highest BCUT2D eigenvalue weighted by Crippen LogP contribution is 2.36. The zero-order valence-electron chi connectivity index (χ0n) is 14.0. The number of alkyl halides is 3. The SMILES string of the molecule is CN1CCc2c(c3cc(C(F)(F)F)ccc3n2Cc2ccccc2)C1. The summed E-state index contributed by atoms with van der Waals surface area (Å²) in [5.74, 6) is 0. The van der Waals surface area contributed by atoms with Crippen molar-refractivity contribution in [3.8, 4) is 0 Å². The largest absolute Gasteiger partial charge is 0.416 e. The van der Waals surface area contributed by atoms with Crippen molar-refractivity contribution in [1.82, 2.24) is 9.47 Å². The second-order valence-corrected chi connectivity index (χ2v) is 6.71. The molecule has 1 aromatic heterocycles. The molecular formula is C20H19F3N2. The normalized spacial score (nSPS) is 15.5. The van der Waals surface area contributed by atoms with Crippen LogP contribution in [0.3, 0.4) is 0 Å². The van der Waals surface area contributed by atoms with E-state index in [1.165, 1.54) is 12.1 Å². The van der Waals surface area contributed by atoms with Gasteiger partial charge in [-0.3, -0.25) is 0 Å². The lowest BCUT2D eigenvalue weighted by atomic mass is 10.0. The molecular weight excluding hydrogens is 325 g/mol. The molecule has 0 radical (unpaired) electrons. The van der Waals surface area contributed by atoms with Crippen LogP contribution in [0.5, 0.6) is 0 Å². The van der Waals surface area contributed by atoms with Crippen LogP contribution in [0.2, 0.25) is 0 Å². The van der Waals surface area contributed by atoms with Gasteiger partial charge in [0.2, 0.25) is 0 Å². The smallest absolute Gasteiger partial charge is 0.340 e. The van der Waals surface area contributed by atoms with Crippen molar-refractivity contribution in [2.24, 2.45) is 0 Å². The fraction of sp³-hybridized carbons (Fsp3) is 0.300. The Bertz CT molecular complexity index is 910. The molecule has 4 rings (SSSR count). The maximum atomic E-state index is 13.2. The van der Waals surface area contributed by atoms with Gasteiger partial charge in [-0.05, 0) is 36.4 Å². The van der Waals surface area contributed by atoms with Gasteiger partial charge in [0.05, 0.1) is 5.56 Å². The molecule has 130 valence electrons. The summed E-state index contributed by atoms with van der Waals surface area (Å²) in [7, 11) is 2.01. The molecule has 3 aromatic rings. The minimum atomic E-state index is -4.32. The molecule has 2 aromatic carbocycles. The van der Waals surface area contributed by atoms with E-state index in [0.29, 0.717) is 13.1 Å². The van der Waals surface area contributed by atoms with Crippen molar-refractivity contribution in [1.29, 1.82) is 0 Å². The lowest BCUT2D eigenvalue weighted by Crippen LogP contribution is -2.27. The number of fused-ring (bicyclic) bond motifs is 3. The number of hydrogen-bond donors (Lipinski definition) is 0. The lowest BCUT2D eigenvalue weighted by Gasteiger charge is -2.24. The van der Waals surface area contributed by atoms with Gasteiger partial charge in [-0.25, -0.2) is 0 Å². The van der Waals surface area contributed by atoms with E-state index >= 15 is 0 Å². The summed E-state index contributed by atoms with van der Waals surface area (Å²) >= 11 is 0. The second-order valence-electron chi connectivity index (χ2n) is 6.71. The third-order valence-corrected chi connectivity index (χ3v) is 4.96. The van der Waals surface area contributed by atoms with Crippen molar-refractivity contribution in [2.45, 2.75) is 25.7 Å². The molecule has 0 amide bonds. The summed E-state index contributed by atoms with van der Waals surface area (Å²) < 4.78 is 41.7. The Morgan fingerprint density at radius 2 is 1.80 bits per heavy atom. The average Bonchev–Trinajstić information content (AvgIpc) is 2.88. The molecule has 5 heteroatoms. The van der Waals surface area contributed by atoms with Crippen LogP contribution >= 0.6 is 0 Å². The Hall–Kier alpha value is -2.27. The summed E-state index contributed by atoms with van der Waals surface area (Å²) in [6, 6.07) is 14.2. The number of hydrogen-bond acceptors (Lipinski definition) is 1. The van der Waals surface area contributed by atoms with Gasteiger partial charge >= 0.3 is 6.18 Å². The molecule has 0 bridgehead atoms. The molecule has 0 spiro atoms. The van der Waals surface area contributed by atoms with Gasteiger partial charge in [-0.2, -0.15) is 13.2 Å². The lowest BCUT2D eigenvalue weighted by molar-refractivity contribution is -0.137. The van der Waals surface area contributed by atoms with Crippen LogP contribution in [0.25, 0.3) is 10.9 Å². The molecule has 2 heterocycles. The van der Waals surface area contributed by atoms with Gasteiger partial charge in [-0.15, -0.1) is 0 Å². The maximum Gasteiger partial charge on any atom is 0.416 e. The predicted octanol–water partition coefficient (Wildman–Crippen LogP) is 4.70. The van der Waals surface area contributed by atoms with E-state index in [2.05, 4.69) is 21.6 Å². The first kappa shape index (κ1) is 16.2. The van der Waals surface area contributed by atoms with Crippen molar-refractivity contribution < 1.29 is 13.2 Å². The number of rotatable bonds is 2. The van der Waals surface area contributed by atoms with Gasteiger partial charge in [0.25, 0.3) is 0 Å². The molecule has 0 atom stereocenters. The highest BCUT2D eigenvalue weighted by Gasteiger charge is 2.32. The fourth-order valence-corrected chi connectivity index (χ4v) is 3.71. The molecule has 0 saturated carbocycles. The van der Waals surface area contributed by atoms with E-state index in [9.17, 15) is 13.2 Å². The molecule has 1 aliphatic heterocycles. The highest BCUT2D eigenvalue weighted by molar-refractivity contribution is 5.86. The van der Waals surface area contributed by atoms with Crippen LogP contribution in [0, 0.1) is 0 Å². The summed E-state index contributed by atoms with van der Waals surface area (Å²) in [5, 5.41) is 0.729. The van der Waals surface area contributed by atoms with Crippen molar-refractivity contribution in [3.05, 3.63) is 70.9 Å². The van der Waals surface area contributed by atoms with E-state index in [-0.39, 0.29) is 0 Å². The predicted molar refractivity (Wildman–Crippen MR) is 92.5 cm³/mol. The summed E-state index contributed by atoms with van der Waals surface area (Å²) in [6.45, 7) is 2.29. The van der Waals surface area contributed by atoms with Gasteiger partial charge < -0.3 is 9.47 Å². The Balaban J connectivity index is 1.90. The van der Waals surface area contributed by atoms with Gasteiger partial charge in [0.1, 0.15) is 0 Å². The molecule has 0 aliphatic carbocycles. The second kappa shape index (κ2) is 5.92. The Kier molecular flexibility index (Phi) is 3.84. The first-order valence-corrected chi connectivity index (χ1v) is 8.37. The zero-order chi connectivity index (χ0) is 17.6. The molecule has 1 aliphatic rings.